The average molecular weight is 347 g/mol. The van der Waals surface area contributed by atoms with Crippen LogP contribution in [-0.4, -0.2) is 41.9 Å². The van der Waals surface area contributed by atoms with Gasteiger partial charge in [0.1, 0.15) is 0 Å². The molecule has 1 fully saturated rings. The number of sulfonamides is 1. The molecule has 3 heterocycles. The van der Waals surface area contributed by atoms with Crippen molar-refractivity contribution < 1.29 is 8.42 Å². The molecule has 1 atom stereocenters. The van der Waals surface area contributed by atoms with Crippen LogP contribution < -0.4 is 10.0 Å². The summed E-state index contributed by atoms with van der Waals surface area (Å²) in [5.41, 5.74) is 0. The lowest BCUT2D eigenvalue weighted by molar-refractivity contribution is 0.540. The SMILES string of the molecule is CCNc1nc2sccn2c1S(=O)(=O)NC1CCCSC1. The van der Waals surface area contributed by atoms with E-state index in [1.165, 1.54) is 11.3 Å². The van der Waals surface area contributed by atoms with E-state index < -0.39 is 10.0 Å². The molecule has 116 valence electrons. The summed E-state index contributed by atoms with van der Waals surface area (Å²) in [6.07, 6.45) is 3.70. The smallest absolute Gasteiger partial charge is 0.260 e. The minimum Gasteiger partial charge on any atom is -0.368 e. The molecule has 1 aliphatic rings. The lowest BCUT2D eigenvalue weighted by Gasteiger charge is -2.22. The molecule has 0 aliphatic carbocycles. The third-order valence-electron chi connectivity index (χ3n) is 3.30. The van der Waals surface area contributed by atoms with Crippen molar-refractivity contribution in [1.29, 1.82) is 0 Å². The second kappa shape index (κ2) is 6.15. The van der Waals surface area contributed by atoms with Crippen molar-refractivity contribution in [3.05, 3.63) is 11.6 Å². The molecule has 2 N–H and O–H groups in total. The topological polar surface area (TPSA) is 75.5 Å². The first-order valence-corrected chi connectivity index (χ1v) is 10.4. The molecule has 0 aromatic carbocycles. The van der Waals surface area contributed by atoms with E-state index in [0.717, 1.165) is 24.3 Å². The van der Waals surface area contributed by atoms with Gasteiger partial charge in [0, 0.05) is 29.9 Å². The van der Waals surface area contributed by atoms with E-state index in [1.54, 1.807) is 22.4 Å². The highest BCUT2D eigenvalue weighted by atomic mass is 32.2. The zero-order chi connectivity index (χ0) is 14.9. The summed E-state index contributed by atoms with van der Waals surface area (Å²) < 4.78 is 30.0. The maximum absolute atomic E-state index is 12.8. The van der Waals surface area contributed by atoms with Gasteiger partial charge in [-0.25, -0.2) is 18.1 Å². The summed E-state index contributed by atoms with van der Waals surface area (Å²) in [4.78, 5) is 5.05. The van der Waals surface area contributed by atoms with Crippen molar-refractivity contribution in [2.24, 2.45) is 0 Å². The van der Waals surface area contributed by atoms with Crippen molar-refractivity contribution in [1.82, 2.24) is 14.1 Å². The number of anilines is 1. The second-order valence-corrected chi connectivity index (χ2v) is 8.54. The van der Waals surface area contributed by atoms with E-state index in [0.29, 0.717) is 17.3 Å². The highest BCUT2D eigenvalue weighted by Crippen LogP contribution is 2.27. The van der Waals surface area contributed by atoms with Crippen molar-refractivity contribution in [3.63, 3.8) is 0 Å². The predicted octanol–water partition coefficient (Wildman–Crippen LogP) is 2.00. The normalized spacial score (nSPS) is 20.0. The Morgan fingerprint density at radius 3 is 3.10 bits per heavy atom. The minimum absolute atomic E-state index is 0.00686. The van der Waals surface area contributed by atoms with E-state index >= 15 is 0 Å². The van der Waals surface area contributed by atoms with E-state index in [-0.39, 0.29) is 11.1 Å². The number of hydrogen-bond donors (Lipinski definition) is 2. The number of aromatic nitrogens is 2. The first-order valence-electron chi connectivity index (χ1n) is 6.91. The van der Waals surface area contributed by atoms with Crippen molar-refractivity contribution >= 4 is 43.9 Å². The molecule has 2 aromatic rings. The Labute approximate surface area is 132 Å². The molecule has 2 aromatic heterocycles. The van der Waals surface area contributed by atoms with Gasteiger partial charge in [0.05, 0.1) is 0 Å². The van der Waals surface area contributed by atoms with Crippen LogP contribution in [0.3, 0.4) is 0 Å². The Morgan fingerprint density at radius 2 is 2.38 bits per heavy atom. The van der Waals surface area contributed by atoms with Gasteiger partial charge in [0.25, 0.3) is 10.0 Å². The summed E-state index contributed by atoms with van der Waals surface area (Å²) in [5, 5.41) is 5.10. The lowest BCUT2D eigenvalue weighted by Crippen LogP contribution is -2.39. The van der Waals surface area contributed by atoms with Crippen LogP contribution in [0.15, 0.2) is 16.6 Å². The number of thioether (sulfide) groups is 1. The molecular formula is C12H18N4O2S3. The summed E-state index contributed by atoms with van der Waals surface area (Å²) in [6, 6.07) is 0.00686. The maximum Gasteiger partial charge on any atom is 0.260 e. The molecule has 1 aliphatic heterocycles. The third kappa shape index (κ3) is 3.05. The van der Waals surface area contributed by atoms with Crippen LogP contribution in [0, 0.1) is 0 Å². The number of hydrogen-bond acceptors (Lipinski definition) is 6. The van der Waals surface area contributed by atoms with Crippen LogP contribution in [0.25, 0.3) is 4.96 Å². The summed E-state index contributed by atoms with van der Waals surface area (Å²) in [6.45, 7) is 2.56. The quantitative estimate of drug-likeness (QED) is 0.866. The number of rotatable bonds is 5. The number of thiazole rings is 1. The van der Waals surface area contributed by atoms with Gasteiger partial charge in [0.2, 0.25) is 0 Å². The van der Waals surface area contributed by atoms with E-state index in [2.05, 4.69) is 15.0 Å². The van der Waals surface area contributed by atoms with Crippen LogP contribution in [-0.2, 0) is 10.0 Å². The number of imidazole rings is 1. The number of nitrogens with one attached hydrogen (secondary N) is 2. The lowest BCUT2D eigenvalue weighted by atomic mass is 10.2. The van der Waals surface area contributed by atoms with Crippen LogP contribution in [0.2, 0.25) is 0 Å². The summed E-state index contributed by atoms with van der Waals surface area (Å²) >= 11 is 3.22. The summed E-state index contributed by atoms with van der Waals surface area (Å²) in [7, 11) is -3.58. The Balaban J connectivity index is 1.96. The standard InChI is InChI=1S/C12H18N4O2S3/c1-2-13-10-11(16-5-7-20-12(16)14-10)21(17,18)15-9-4-3-6-19-8-9/h5,7,9,13,15H,2-4,6,8H2,1H3. The first kappa shape index (κ1) is 15.1. The van der Waals surface area contributed by atoms with Gasteiger partial charge in [-0.1, -0.05) is 0 Å². The average Bonchev–Trinajstić information content (AvgIpc) is 2.99. The van der Waals surface area contributed by atoms with Crippen LogP contribution in [0.4, 0.5) is 5.82 Å². The largest absolute Gasteiger partial charge is 0.368 e. The molecule has 0 amide bonds. The molecule has 0 saturated carbocycles. The van der Waals surface area contributed by atoms with Gasteiger partial charge in [-0.15, -0.1) is 11.3 Å². The van der Waals surface area contributed by atoms with Gasteiger partial charge < -0.3 is 5.32 Å². The molecule has 21 heavy (non-hydrogen) atoms. The highest BCUT2D eigenvalue weighted by molar-refractivity contribution is 7.99. The molecule has 0 spiro atoms. The Kier molecular flexibility index (Phi) is 4.43. The van der Waals surface area contributed by atoms with Crippen LogP contribution >= 0.6 is 23.1 Å². The van der Waals surface area contributed by atoms with Gasteiger partial charge in [-0.3, -0.25) is 4.40 Å². The molecule has 0 bridgehead atoms. The monoisotopic (exact) mass is 346 g/mol. The third-order valence-corrected chi connectivity index (χ3v) is 6.81. The number of fused-ring (bicyclic) bond motifs is 1. The van der Waals surface area contributed by atoms with Gasteiger partial charge in [-0.05, 0) is 25.5 Å². The molecule has 0 radical (unpaired) electrons. The predicted molar refractivity (Wildman–Crippen MR) is 87.9 cm³/mol. The van der Waals surface area contributed by atoms with Crippen molar-refractivity contribution in [2.45, 2.75) is 30.8 Å². The molecular weight excluding hydrogens is 328 g/mol. The fourth-order valence-corrected chi connectivity index (χ4v) is 5.89. The fraction of sp³-hybridized carbons (Fsp3) is 0.583. The maximum atomic E-state index is 12.8. The molecule has 3 rings (SSSR count). The van der Waals surface area contributed by atoms with Gasteiger partial charge in [0.15, 0.2) is 15.8 Å². The zero-order valence-electron chi connectivity index (χ0n) is 11.7. The second-order valence-electron chi connectivity index (χ2n) is 4.89. The van der Waals surface area contributed by atoms with E-state index in [4.69, 9.17) is 0 Å². The zero-order valence-corrected chi connectivity index (χ0v) is 14.2. The van der Waals surface area contributed by atoms with Crippen molar-refractivity contribution in [3.8, 4) is 0 Å². The fourth-order valence-electron chi connectivity index (χ4n) is 2.41. The Morgan fingerprint density at radius 1 is 1.52 bits per heavy atom. The minimum atomic E-state index is -3.58. The molecule has 1 unspecified atom stereocenters. The molecule has 1 saturated heterocycles. The Hall–Kier alpha value is -0.770. The van der Waals surface area contributed by atoms with E-state index in [1.807, 2.05) is 12.3 Å². The van der Waals surface area contributed by atoms with Crippen LogP contribution in [0.1, 0.15) is 19.8 Å². The molecule has 9 heteroatoms. The molecule has 6 nitrogen and oxygen atoms in total. The van der Waals surface area contributed by atoms with Gasteiger partial charge in [-0.2, -0.15) is 11.8 Å². The van der Waals surface area contributed by atoms with Gasteiger partial charge >= 0.3 is 0 Å². The van der Waals surface area contributed by atoms with Crippen molar-refractivity contribution in [2.75, 3.05) is 23.4 Å². The summed E-state index contributed by atoms with van der Waals surface area (Å²) in [5.74, 6) is 2.38. The Bertz CT molecular complexity index is 716. The highest BCUT2D eigenvalue weighted by Gasteiger charge is 2.29. The van der Waals surface area contributed by atoms with E-state index in [9.17, 15) is 8.42 Å². The first-order chi connectivity index (χ1) is 10.1. The van der Waals surface area contributed by atoms with Crippen LogP contribution in [0.5, 0.6) is 0 Å². The number of nitrogens with zero attached hydrogens (tertiary/aromatic N) is 2.